The average Bonchev–Trinajstić information content (AvgIpc) is 2.43. The summed E-state index contributed by atoms with van der Waals surface area (Å²) < 4.78 is 6.47. The van der Waals surface area contributed by atoms with Crippen molar-refractivity contribution in [2.75, 3.05) is 6.54 Å². The summed E-state index contributed by atoms with van der Waals surface area (Å²) in [5.41, 5.74) is 3.95. The fraction of sp³-hybridized carbons (Fsp3) is 0.647. The smallest absolute Gasteiger partial charge is 0.128 e. The highest BCUT2D eigenvalue weighted by Crippen LogP contribution is 2.44. The molecule has 0 bridgehead atoms. The average molecular weight is 261 g/mol. The van der Waals surface area contributed by atoms with Crippen LogP contribution in [-0.2, 0) is 0 Å². The van der Waals surface area contributed by atoms with Gasteiger partial charge in [-0.25, -0.2) is 0 Å². The topological polar surface area (TPSA) is 21.3 Å². The van der Waals surface area contributed by atoms with Crippen LogP contribution in [0.25, 0.3) is 0 Å². The molecule has 106 valence electrons. The third-order valence-corrected chi connectivity index (χ3v) is 4.72. The zero-order valence-corrected chi connectivity index (χ0v) is 13.0. The van der Waals surface area contributed by atoms with E-state index in [1.807, 2.05) is 0 Å². The number of ether oxygens (including phenoxy) is 1. The molecule has 1 atom stereocenters. The molecule has 0 spiro atoms. The van der Waals surface area contributed by atoms with Gasteiger partial charge < -0.3 is 10.1 Å². The van der Waals surface area contributed by atoms with Crippen molar-refractivity contribution in [1.82, 2.24) is 5.32 Å². The highest BCUT2D eigenvalue weighted by molar-refractivity contribution is 5.48. The summed E-state index contributed by atoms with van der Waals surface area (Å²) in [6.07, 6.45) is 3.21. The Morgan fingerprint density at radius 1 is 1.21 bits per heavy atom. The van der Waals surface area contributed by atoms with Gasteiger partial charge in [0.25, 0.3) is 0 Å². The molecule has 0 saturated heterocycles. The van der Waals surface area contributed by atoms with Crippen LogP contribution in [0, 0.1) is 13.8 Å². The highest BCUT2D eigenvalue weighted by atomic mass is 16.5. The van der Waals surface area contributed by atoms with E-state index in [4.69, 9.17) is 4.74 Å². The van der Waals surface area contributed by atoms with Crippen LogP contribution in [0.2, 0.25) is 0 Å². The third kappa shape index (κ3) is 2.51. The van der Waals surface area contributed by atoms with E-state index in [0.717, 1.165) is 31.6 Å². The number of hydrogen-bond acceptors (Lipinski definition) is 2. The molecule has 1 aromatic carbocycles. The molecule has 1 unspecified atom stereocenters. The van der Waals surface area contributed by atoms with Gasteiger partial charge in [-0.3, -0.25) is 0 Å². The molecule has 1 aliphatic heterocycles. The van der Waals surface area contributed by atoms with Gasteiger partial charge in [-0.2, -0.15) is 0 Å². The van der Waals surface area contributed by atoms with Gasteiger partial charge in [0, 0.05) is 18.0 Å². The molecule has 2 heteroatoms. The van der Waals surface area contributed by atoms with Gasteiger partial charge in [0.15, 0.2) is 0 Å². The predicted octanol–water partition coefficient (Wildman–Crippen LogP) is 4.30. The van der Waals surface area contributed by atoms with Crippen LogP contribution >= 0.6 is 0 Å². The van der Waals surface area contributed by atoms with Crippen molar-refractivity contribution in [3.63, 3.8) is 0 Å². The largest absolute Gasteiger partial charge is 0.487 e. The summed E-state index contributed by atoms with van der Waals surface area (Å²) in [6, 6.07) is 4.88. The number of rotatable bonds is 4. The van der Waals surface area contributed by atoms with E-state index in [0.29, 0.717) is 6.04 Å². The normalized spacial score (nSPS) is 20.8. The maximum atomic E-state index is 6.47. The molecule has 0 radical (unpaired) electrons. The number of fused-ring (bicyclic) bond motifs is 1. The Labute approximate surface area is 117 Å². The molecule has 2 nitrogen and oxygen atoms in total. The summed E-state index contributed by atoms with van der Waals surface area (Å²) in [6.45, 7) is 12.0. The number of aryl methyl sites for hydroxylation is 1. The van der Waals surface area contributed by atoms with Gasteiger partial charge in [-0.1, -0.05) is 32.9 Å². The fourth-order valence-corrected chi connectivity index (χ4v) is 3.07. The molecular weight excluding hydrogens is 234 g/mol. The van der Waals surface area contributed by atoms with E-state index < -0.39 is 0 Å². The lowest BCUT2D eigenvalue weighted by atomic mass is 9.82. The lowest BCUT2D eigenvalue weighted by molar-refractivity contribution is 0.0222. The Hall–Kier alpha value is -1.02. The van der Waals surface area contributed by atoms with Gasteiger partial charge in [0.1, 0.15) is 11.4 Å². The Morgan fingerprint density at radius 2 is 1.89 bits per heavy atom. The maximum Gasteiger partial charge on any atom is 0.128 e. The standard InChI is InChI=1S/C17H27NO/c1-6-17(7-2)11-15(18-8-3)14-10-9-12(4)13(5)16(14)19-17/h9-10,15,18H,6-8,11H2,1-5H3. The van der Waals surface area contributed by atoms with Crippen LogP contribution < -0.4 is 10.1 Å². The Balaban J connectivity index is 2.49. The second kappa shape index (κ2) is 5.54. The molecule has 0 amide bonds. The number of benzene rings is 1. The van der Waals surface area contributed by atoms with Crippen LogP contribution in [0.15, 0.2) is 12.1 Å². The van der Waals surface area contributed by atoms with Gasteiger partial charge in [-0.15, -0.1) is 0 Å². The second-order valence-electron chi connectivity index (χ2n) is 5.73. The van der Waals surface area contributed by atoms with Crippen LogP contribution in [0.3, 0.4) is 0 Å². The molecule has 0 fully saturated rings. The Kier molecular flexibility index (Phi) is 4.19. The second-order valence-corrected chi connectivity index (χ2v) is 5.73. The molecule has 0 aliphatic carbocycles. The minimum atomic E-state index is -0.00160. The molecule has 1 N–H and O–H groups in total. The highest BCUT2D eigenvalue weighted by Gasteiger charge is 2.38. The van der Waals surface area contributed by atoms with Gasteiger partial charge in [0.05, 0.1) is 0 Å². The predicted molar refractivity (Wildman–Crippen MR) is 80.9 cm³/mol. The van der Waals surface area contributed by atoms with Gasteiger partial charge >= 0.3 is 0 Å². The minimum absolute atomic E-state index is 0.00160. The summed E-state index contributed by atoms with van der Waals surface area (Å²) in [5.74, 6) is 1.13. The third-order valence-electron chi connectivity index (χ3n) is 4.72. The monoisotopic (exact) mass is 261 g/mol. The Morgan fingerprint density at radius 3 is 2.47 bits per heavy atom. The fourth-order valence-electron chi connectivity index (χ4n) is 3.07. The van der Waals surface area contributed by atoms with Crippen molar-refractivity contribution in [1.29, 1.82) is 0 Å². The maximum absolute atomic E-state index is 6.47. The quantitative estimate of drug-likeness (QED) is 0.872. The van der Waals surface area contributed by atoms with E-state index in [1.54, 1.807) is 0 Å². The molecular formula is C17H27NO. The molecule has 1 heterocycles. The molecule has 19 heavy (non-hydrogen) atoms. The molecule has 1 aliphatic rings. The zero-order valence-electron chi connectivity index (χ0n) is 13.0. The van der Waals surface area contributed by atoms with Gasteiger partial charge in [0.2, 0.25) is 0 Å². The summed E-state index contributed by atoms with van der Waals surface area (Å²) in [5, 5.41) is 3.63. The zero-order chi connectivity index (χ0) is 14.0. The lowest BCUT2D eigenvalue weighted by Gasteiger charge is -2.42. The van der Waals surface area contributed by atoms with Crippen molar-refractivity contribution < 1.29 is 4.74 Å². The van der Waals surface area contributed by atoms with Crippen LogP contribution in [0.1, 0.15) is 62.8 Å². The molecule has 2 rings (SSSR count). The van der Waals surface area contributed by atoms with Crippen molar-refractivity contribution in [2.24, 2.45) is 0 Å². The first-order chi connectivity index (χ1) is 9.06. The summed E-state index contributed by atoms with van der Waals surface area (Å²) in [4.78, 5) is 0. The lowest BCUT2D eigenvalue weighted by Crippen LogP contribution is -2.43. The van der Waals surface area contributed by atoms with E-state index in [1.165, 1.54) is 16.7 Å². The SMILES string of the molecule is CCNC1CC(CC)(CC)Oc2c1ccc(C)c2C. The van der Waals surface area contributed by atoms with Crippen LogP contribution in [0.4, 0.5) is 0 Å². The first-order valence-corrected chi connectivity index (χ1v) is 7.59. The van der Waals surface area contributed by atoms with E-state index in [-0.39, 0.29) is 5.60 Å². The van der Waals surface area contributed by atoms with Gasteiger partial charge in [-0.05, 0) is 44.4 Å². The van der Waals surface area contributed by atoms with E-state index in [2.05, 4.69) is 52.1 Å². The van der Waals surface area contributed by atoms with Crippen LogP contribution in [-0.4, -0.2) is 12.1 Å². The van der Waals surface area contributed by atoms with E-state index >= 15 is 0 Å². The first kappa shape index (κ1) is 14.4. The summed E-state index contributed by atoms with van der Waals surface area (Å²) >= 11 is 0. The summed E-state index contributed by atoms with van der Waals surface area (Å²) in [7, 11) is 0. The molecule has 0 saturated carbocycles. The molecule has 0 aromatic heterocycles. The van der Waals surface area contributed by atoms with Crippen molar-refractivity contribution in [2.45, 2.75) is 65.5 Å². The molecule has 1 aromatic rings. The number of nitrogens with one attached hydrogen (secondary N) is 1. The van der Waals surface area contributed by atoms with E-state index in [9.17, 15) is 0 Å². The van der Waals surface area contributed by atoms with Crippen LogP contribution in [0.5, 0.6) is 5.75 Å². The first-order valence-electron chi connectivity index (χ1n) is 7.59. The Bertz CT molecular complexity index is 449. The van der Waals surface area contributed by atoms with Crippen molar-refractivity contribution in [3.05, 3.63) is 28.8 Å². The number of hydrogen-bond donors (Lipinski definition) is 1. The van der Waals surface area contributed by atoms with Crippen molar-refractivity contribution >= 4 is 0 Å². The van der Waals surface area contributed by atoms with Crippen molar-refractivity contribution in [3.8, 4) is 5.75 Å². The minimum Gasteiger partial charge on any atom is -0.487 e.